The van der Waals surface area contributed by atoms with Crippen LogP contribution in [-0.4, -0.2) is 62.9 Å². The molecule has 1 saturated heterocycles. The number of amides is 1. The molecule has 0 radical (unpaired) electrons. The highest BCUT2D eigenvalue weighted by Crippen LogP contribution is 2.25. The Morgan fingerprint density at radius 3 is 2.89 bits per heavy atom. The lowest BCUT2D eigenvalue weighted by atomic mass is 10.1. The van der Waals surface area contributed by atoms with Crippen LogP contribution in [0.2, 0.25) is 0 Å². The number of nitro benzene ring substituents is 1. The topological polar surface area (TPSA) is 129 Å². The molecule has 1 atom stereocenters. The lowest BCUT2D eigenvalue weighted by molar-refractivity contribution is -0.384. The molecule has 1 fully saturated rings. The predicted octanol–water partition coefficient (Wildman–Crippen LogP) is 1.11. The molecule has 0 saturated carbocycles. The van der Waals surface area contributed by atoms with Gasteiger partial charge in [0.05, 0.1) is 23.2 Å². The largest absolute Gasteiger partial charge is 0.452 e. The first-order valence-corrected chi connectivity index (χ1v) is 8.58. The molecule has 1 aromatic rings. The molecule has 1 amide bonds. The number of carbonyl (C=O) groups is 2. The standard InChI is InChI=1S/C17H23N3O7/c1-25-8-6-18-14-5-4-12(9-15(14)20(23)24)17(22)27-11-16(21)19-10-13-3-2-7-26-13/h4-5,9,13,18H,2-3,6-8,10-11H2,1H3,(H,19,21)/t13-/m1/s1. The highest BCUT2D eigenvalue weighted by atomic mass is 16.6. The zero-order valence-corrected chi connectivity index (χ0v) is 15.1. The average Bonchev–Trinajstić information content (AvgIpc) is 3.18. The van der Waals surface area contributed by atoms with Gasteiger partial charge in [0.25, 0.3) is 11.6 Å². The molecule has 10 nitrogen and oxygen atoms in total. The lowest BCUT2D eigenvalue weighted by Gasteiger charge is -2.11. The number of esters is 1. The van der Waals surface area contributed by atoms with Crippen molar-refractivity contribution in [2.75, 3.05) is 45.3 Å². The summed E-state index contributed by atoms with van der Waals surface area (Å²) >= 11 is 0. The van der Waals surface area contributed by atoms with Gasteiger partial charge in [-0.25, -0.2) is 4.79 Å². The summed E-state index contributed by atoms with van der Waals surface area (Å²) in [5.74, 6) is -1.26. The molecule has 1 aromatic carbocycles. The van der Waals surface area contributed by atoms with Gasteiger partial charge in [0.1, 0.15) is 5.69 Å². The van der Waals surface area contributed by atoms with Crippen molar-refractivity contribution in [2.24, 2.45) is 0 Å². The van der Waals surface area contributed by atoms with Crippen molar-refractivity contribution in [1.82, 2.24) is 5.32 Å². The molecule has 1 heterocycles. The van der Waals surface area contributed by atoms with Gasteiger partial charge < -0.3 is 24.8 Å². The first kappa shape index (κ1) is 20.6. The number of hydrogen-bond donors (Lipinski definition) is 2. The van der Waals surface area contributed by atoms with E-state index < -0.39 is 23.4 Å². The average molecular weight is 381 g/mol. The maximum atomic E-state index is 12.1. The van der Waals surface area contributed by atoms with E-state index in [0.29, 0.717) is 26.3 Å². The second kappa shape index (κ2) is 10.4. The lowest BCUT2D eigenvalue weighted by Crippen LogP contribution is -2.34. The van der Waals surface area contributed by atoms with Crippen LogP contribution in [0.25, 0.3) is 0 Å². The van der Waals surface area contributed by atoms with Gasteiger partial charge in [-0.3, -0.25) is 14.9 Å². The molecule has 0 bridgehead atoms. The molecule has 148 valence electrons. The van der Waals surface area contributed by atoms with Crippen LogP contribution in [0.5, 0.6) is 0 Å². The minimum atomic E-state index is -0.811. The van der Waals surface area contributed by atoms with Gasteiger partial charge >= 0.3 is 5.97 Å². The van der Waals surface area contributed by atoms with Gasteiger partial charge in [0.15, 0.2) is 6.61 Å². The van der Waals surface area contributed by atoms with Crippen LogP contribution in [0, 0.1) is 10.1 Å². The Kier molecular flexibility index (Phi) is 7.96. The van der Waals surface area contributed by atoms with Crippen molar-refractivity contribution in [2.45, 2.75) is 18.9 Å². The maximum Gasteiger partial charge on any atom is 0.338 e. The van der Waals surface area contributed by atoms with Gasteiger partial charge in [-0.05, 0) is 25.0 Å². The number of rotatable bonds is 10. The smallest absolute Gasteiger partial charge is 0.338 e. The van der Waals surface area contributed by atoms with E-state index in [0.717, 1.165) is 18.9 Å². The summed E-state index contributed by atoms with van der Waals surface area (Å²) < 4.78 is 15.2. The van der Waals surface area contributed by atoms with Crippen LogP contribution in [0.4, 0.5) is 11.4 Å². The molecule has 1 aliphatic heterocycles. The van der Waals surface area contributed by atoms with Crippen molar-refractivity contribution in [3.63, 3.8) is 0 Å². The third kappa shape index (κ3) is 6.50. The van der Waals surface area contributed by atoms with E-state index in [1.165, 1.54) is 19.2 Å². The summed E-state index contributed by atoms with van der Waals surface area (Å²) in [7, 11) is 1.52. The van der Waals surface area contributed by atoms with E-state index in [1.54, 1.807) is 0 Å². The second-order valence-electron chi connectivity index (χ2n) is 5.92. The van der Waals surface area contributed by atoms with Crippen molar-refractivity contribution >= 4 is 23.3 Å². The van der Waals surface area contributed by atoms with Crippen LogP contribution >= 0.6 is 0 Å². The van der Waals surface area contributed by atoms with Crippen LogP contribution < -0.4 is 10.6 Å². The predicted molar refractivity (Wildman–Crippen MR) is 95.7 cm³/mol. The Hall–Kier alpha value is -2.72. The van der Waals surface area contributed by atoms with Gasteiger partial charge in [-0.15, -0.1) is 0 Å². The van der Waals surface area contributed by atoms with Crippen LogP contribution in [0.15, 0.2) is 18.2 Å². The number of nitrogens with one attached hydrogen (secondary N) is 2. The maximum absolute atomic E-state index is 12.1. The van der Waals surface area contributed by atoms with Crippen LogP contribution in [0.3, 0.4) is 0 Å². The number of carbonyl (C=O) groups excluding carboxylic acids is 2. The molecule has 0 spiro atoms. The third-order valence-electron chi connectivity index (χ3n) is 3.94. The minimum Gasteiger partial charge on any atom is -0.452 e. The first-order chi connectivity index (χ1) is 13.0. The number of methoxy groups -OCH3 is 1. The fraction of sp³-hybridized carbons (Fsp3) is 0.529. The molecule has 0 aliphatic carbocycles. The van der Waals surface area contributed by atoms with Crippen molar-refractivity contribution in [3.8, 4) is 0 Å². The number of hydrogen-bond acceptors (Lipinski definition) is 8. The SMILES string of the molecule is COCCNc1ccc(C(=O)OCC(=O)NC[C@H]2CCCO2)cc1[N+](=O)[O-]. The monoisotopic (exact) mass is 381 g/mol. The number of ether oxygens (including phenoxy) is 3. The van der Waals surface area contributed by atoms with Crippen molar-refractivity contribution in [1.29, 1.82) is 0 Å². The van der Waals surface area contributed by atoms with E-state index in [1.807, 2.05) is 0 Å². The summed E-state index contributed by atoms with van der Waals surface area (Å²) in [5, 5.41) is 16.7. The van der Waals surface area contributed by atoms with E-state index >= 15 is 0 Å². The molecule has 2 N–H and O–H groups in total. The zero-order chi connectivity index (χ0) is 19.6. The Labute approximate surface area is 156 Å². The van der Waals surface area contributed by atoms with Crippen molar-refractivity contribution in [3.05, 3.63) is 33.9 Å². The highest BCUT2D eigenvalue weighted by Gasteiger charge is 2.20. The van der Waals surface area contributed by atoms with Crippen LogP contribution in [-0.2, 0) is 19.0 Å². The summed E-state index contributed by atoms with van der Waals surface area (Å²) in [4.78, 5) is 34.4. The molecule has 0 unspecified atom stereocenters. The van der Waals surface area contributed by atoms with E-state index in [9.17, 15) is 19.7 Å². The van der Waals surface area contributed by atoms with E-state index in [4.69, 9.17) is 14.2 Å². The summed E-state index contributed by atoms with van der Waals surface area (Å²) in [6.45, 7) is 1.34. The van der Waals surface area contributed by atoms with E-state index in [-0.39, 0.29) is 23.0 Å². The van der Waals surface area contributed by atoms with Gasteiger partial charge in [0.2, 0.25) is 0 Å². The quantitative estimate of drug-likeness (QED) is 0.267. The van der Waals surface area contributed by atoms with Gasteiger partial charge in [-0.1, -0.05) is 0 Å². The van der Waals surface area contributed by atoms with Gasteiger partial charge in [0, 0.05) is 32.9 Å². The molecule has 0 aromatic heterocycles. The fourth-order valence-corrected chi connectivity index (χ4v) is 2.55. The molecular weight excluding hydrogens is 358 g/mol. The number of benzene rings is 1. The molecular formula is C17H23N3O7. The first-order valence-electron chi connectivity index (χ1n) is 8.58. The Bertz CT molecular complexity index is 674. The molecule has 1 aliphatic rings. The van der Waals surface area contributed by atoms with Gasteiger partial charge in [-0.2, -0.15) is 0 Å². The summed E-state index contributed by atoms with van der Waals surface area (Å²) in [6.07, 6.45) is 1.84. The molecule has 27 heavy (non-hydrogen) atoms. The van der Waals surface area contributed by atoms with Crippen LogP contribution in [0.1, 0.15) is 23.2 Å². The second-order valence-corrected chi connectivity index (χ2v) is 5.92. The molecule has 10 heteroatoms. The summed E-state index contributed by atoms with van der Waals surface area (Å²) in [6, 6.07) is 3.93. The minimum absolute atomic E-state index is 0.00841. The molecule has 2 rings (SSSR count). The number of nitro groups is 1. The third-order valence-corrected chi connectivity index (χ3v) is 3.94. The normalized spacial score (nSPS) is 16.0. The fourth-order valence-electron chi connectivity index (χ4n) is 2.55. The zero-order valence-electron chi connectivity index (χ0n) is 15.1. The van der Waals surface area contributed by atoms with E-state index in [2.05, 4.69) is 10.6 Å². The number of nitrogens with zero attached hydrogens (tertiary/aromatic N) is 1. The Morgan fingerprint density at radius 2 is 2.22 bits per heavy atom. The Morgan fingerprint density at radius 1 is 1.41 bits per heavy atom. The number of anilines is 1. The van der Waals surface area contributed by atoms with Crippen molar-refractivity contribution < 1.29 is 28.7 Å². The highest BCUT2D eigenvalue weighted by molar-refractivity contribution is 5.93. The summed E-state index contributed by atoms with van der Waals surface area (Å²) in [5.41, 5.74) is -0.00258. The Balaban J connectivity index is 1.87.